The van der Waals surface area contributed by atoms with Gasteiger partial charge in [-0.1, -0.05) is 369 Å². The highest BCUT2D eigenvalue weighted by Gasteiger charge is 2.32. The molecule has 121 heavy (non-hydrogen) atoms. The van der Waals surface area contributed by atoms with Crippen LogP contribution in [0, 0.1) is 5.41 Å². The number of aliphatic hydroxyl groups excluding tert-OH is 2. The van der Waals surface area contributed by atoms with Crippen LogP contribution in [0.3, 0.4) is 0 Å². The number of hydrogen-bond donors (Lipinski definition) is 6. The van der Waals surface area contributed by atoms with Crippen molar-refractivity contribution in [2.75, 3.05) is 98.6 Å². The maximum Gasteiger partial charge on any atom is 0.407 e. The van der Waals surface area contributed by atoms with Crippen LogP contribution in [0.4, 0.5) is 19.2 Å². The van der Waals surface area contributed by atoms with Gasteiger partial charge in [-0.25, -0.2) is 24.1 Å². The number of alkyl carbamates (subject to hydrolysis) is 4. The molecule has 6 N–H and O–H groups in total. The molecule has 708 valence electrons. The summed E-state index contributed by atoms with van der Waals surface area (Å²) < 4.78 is 27.1. The molecule has 24 heteroatoms. The van der Waals surface area contributed by atoms with E-state index in [0.29, 0.717) is 30.6 Å². The lowest BCUT2D eigenvalue weighted by atomic mass is 9.94. The molecule has 9 amide bonds. The number of nitrogens with one attached hydrogen (secondary N) is 4. The number of carbonyl (C=O) groups excluding carboxylic acids is 10. The number of esters is 1. The summed E-state index contributed by atoms with van der Waals surface area (Å²) in [7, 11) is 0. The molecule has 0 rings (SSSR count). The van der Waals surface area contributed by atoms with Gasteiger partial charge in [0.15, 0.2) is 0 Å². The minimum absolute atomic E-state index is 0.128. The molecule has 0 aliphatic carbocycles. The van der Waals surface area contributed by atoms with Gasteiger partial charge in [0.1, 0.15) is 6.61 Å². The number of nitrogens with zero attached hydrogens (tertiary/aromatic N) is 3. The lowest BCUT2D eigenvalue weighted by Crippen LogP contribution is -2.43. The highest BCUT2D eigenvalue weighted by atomic mass is 16.6. The summed E-state index contributed by atoms with van der Waals surface area (Å²) in [5.74, 6) is -5.12. The van der Waals surface area contributed by atoms with Crippen molar-refractivity contribution in [2.45, 2.75) is 458 Å². The van der Waals surface area contributed by atoms with Gasteiger partial charge >= 0.3 is 30.3 Å². The van der Waals surface area contributed by atoms with Crippen LogP contribution >= 0.6 is 0 Å². The molecule has 24 nitrogen and oxygen atoms in total. The van der Waals surface area contributed by atoms with Crippen LogP contribution in [0.25, 0.3) is 0 Å². The Bertz CT molecular complexity index is 2240. The van der Waals surface area contributed by atoms with Gasteiger partial charge < -0.3 is 65.0 Å². The molecule has 0 unspecified atom stereocenters. The monoisotopic (exact) mass is 1720 g/mol. The van der Waals surface area contributed by atoms with E-state index in [0.717, 1.165) is 103 Å². The lowest BCUT2D eigenvalue weighted by molar-refractivity contribution is -0.158. The Morgan fingerprint density at radius 1 is 0.240 bits per heavy atom. The Labute approximate surface area is 736 Å². The van der Waals surface area contributed by atoms with Gasteiger partial charge in [-0.2, -0.15) is 0 Å². The van der Waals surface area contributed by atoms with Crippen molar-refractivity contribution in [3.63, 3.8) is 0 Å². The van der Waals surface area contributed by atoms with Gasteiger partial charge in [0.2, 0.25) is 29.5 Å². The predicted molar refractivity (Wildman–Crippen MR) is 488 cm³/mol. The van der Waals surface area contributed by atoms with Crippen molar-refractivity contribution in [1.29, 1.82) is 0 Å². The fourth-order valence-corrected chi connectivity index (χ4v) is 14.8. The minimum Gasteiger partial charge on any atom is -0.465 e. The quantitative estimate of drug-likeness (QED) is 0.0187. The molecule has 0 spiro atoms. The van der Waals surface area contributed by atoms with Crippen molar-refractivity contribution >= 4 is 59.9 Å². The van der Waals surface area contributed by atoms with Crippen molar-refractivity contribution in [1.82, 2.24) is 36.0 Å². The van der Waals surface area contributed by atoms with Crippen molar-refractivity contribution in [3.05, 3.63) is 0 Å². The van der Waals surface area contributed by atoms with Gasteiger partial charge in [0.05, 0.1) is 46.1 Å². The first-order valence-electron chi connectivity index (χ1n) is 49.9. The van der Waals surface area contributed by atoms with Crippen LogP contribution in [0.5, 0.6) is 0 Å². The van der Waals surface area contributed by atoms with E-state index >= 15 is 0 Å². The maximum atomic E-state index is 14.4. The summed E-state index contributed by atoms with van der Waals surface area (Å²) in [5.41, 5.74) is -1.18. The molecule has 0 bridgehead atoms. The molecule has 0 fully saturated rings. The van der Waals surface area contributed by atoms with Gasteiger partial charge in [-0.15, -0.1) is 0 Å². The predicted octanol–water partition coefficient (Wildman–Crippen LogP) is 22.8. The van der Waals surface area contributed by atoms with E-state index in [1.54, 1.807) is 0 Å². The van der Waals surface area contributed by atoms with E-state index in [-0.39, 0.29) is 85.4 Å². The van der Waals surface area contributed by atoms with Gasteiger partial charge in [0, 0.05) is 89.9 Å². The van der Waals surface area contributed by atoms with E-state index < -0.39 is 117 Å². The number of unbranched alkanes of at least 4 members (excludes halogenated alkanes) is 52. The number of aliphatic hydroxyl groups is 2. The van der Waals surface area contributed by atoms with Crippen molar-refractivity contribution < 1.29 is 81.8 Å². The van der Waals surface area contributed by atoms with E-state index in [9.17, 15) is 58.2 Å². The fourth-order valence-electron chi connectivity index (χ4n) is 14.8. The normalized spacial score (nSPS) is 11.3. The largest absolute Gasteiger partial charge is 0.465 e. The standard InChI is InChI=1S/C97H183N7O17/c1-6-10-14-18-22-26-30-34-38-42-46-50-54-58-80-117-93(113)98-72-62-76-102(77-63-73-99-94(114)118-81-59-55-51-47-43-39-35-31-27-23-19-15-11-7-2)87(107)66-68-89(109)104(91(111)70-71-92(112)121-86-97(5,84-105)85-106)90(110)69-67-88(108)103(78-64-74-100-95(115)119-82-60-56-52-48-44-40-36-32-28-24-20-16-12-8-3)79-65-75-101-96(116)120-83-61-57-53-49-45-41-37-33-29-25-21-17-13-9-4/h105-106H,6-86H2,1-5H3,(H,98,113)(H,99,114)(H,100,115)(H,101,116). The maximum absolute atomic E-state index is 14.4. The zero-order valence-corrected chi connectivity index (χ0v) is 78.1. The van der Waals surface area contributed by atoms with Gasteiger partial charge in [-0.3, -0.25) is 28.8 Å². The second kappa shape index (κ2) is 87.7. The molecule has 0 saturated heterocycles. The minimum atomic E-state index is -1.18. The zero-order valence-electron chi connectivity index (χ0n) is 78.1. The van der Waals surface area contributed by atoms with E-state index in [2.05, 4.69) is 49.0 Å². The first-order chi connectivity index (χ1) is 59.0. The molecular weight excluding hydrogens is 1540 g/mol. The van der Waals surface area contributed by atoms with Gasteiger partial charge in [-0.05, 0) is 51.4 Å². The molecule has 0 aliphatic heterocycles. The molecule has 0 aliphatic rings. The number of ether oxygens (including phenoxy) is 5. The lowest BCUT2D eigenvalue weighted by Gasteiger charge is -2.25. The Morgan fingerprint density at radius 3 is 0.620 bits per heavy atom. The van der Waals surface area contributed by atoms with Crippen LogP contribution in [-0.2, 0) is 52.5 Å². The highest BCUT2D eigenvalue weighted by molar-refractivity contribution is 6.12. The molecule has 0 radical (unpaired) electrons. The number of hydrogen-bond acceptors (Lipinski definition) is 17. The van der Waals surface area contributed by atoms with E-state index in [1.165, 1.54) is 274 Å². The van der Waals surface area contributed by atoms with Crippen LogP contribution in [0.2, 0.25) is 0 Å². The first-order valence-corrected chi connectivity index (χ1v) is 49.9. The average Bonchev–Trinajstić information content (AvgIpc) is 0.855. The van der Waals surface area contributed by atoms with Gasteiger partial charge in [0.25, 0.3) is 0 Å². The summed E-state index contributed by atoms with van der Waals surface area (Å²) in [4.78, 5) is 139. The Hall–Kier alpha value is -5.78. The topological polar surface area (TPSA) is 315 Å². The third kappa shape index (κ3) is 76.4. The molecule has 0 heterocycles. The molecule has 0 aromatic heterocycles. The summed E-state index contributed by atoms with van der Waals surface area (Å²) >= 11 is 0. The summed E-state index contributed by atoms with van der Waals surface area (Å²) in [6.07, 6.45) is 63.2. The first kappa shape index (κ1) is 115. The SMILES string of the molecule is CCCCCCCCCCCCCCCCOC(=O)NCCCN(CCCNC(=O)OCCCCCCCCCCCCCCCC)C(=O)CCC(=O)N(C(=O)CCC(=O)OCC(C)(CO)CO)C(=O)CCC(=O)N(CCCNC(=O)OCCCCCCCCCCCCCCCC)CCCNC(=O)OCCCCCCCCCCCCCCCC. The van der Waals surface area contributed by atoms with Crippen molar-refractivity contribution in [3.8, 4) is 0 Å². The van der Waals surface area contributed by atoms with Crippen LogP contribution in [-0.4, -0.2) is 183 Å². The number of imide groups is 3. The molecular formula is C97H183N7O17. The second-order valence-corrected chi connectivity index (χ2v) is 34.6. The zero-order chi connectivity index (χ0) is 88.6. The summed E-state index contributed by atoms with van der Waals surface area (Å²) in [6.45, 7) is 11.3. The third-order valence-corrected chi connectivity index (χ3v) is 22.9. The van der Waals surface area contributed by atoms with Crippen LogP contribution in [0.15, 0.2) is 0 Å². The number of amides is 9. The highest BCUT2D eigenvalue weighted by Crippen LogP contribution is 2.21. The number of rotatable bonds is 89. The summed E-state index contributed by atoms with van der Waals surface area (Å²) in [6, 6.07) is 0. The number of carbonyl (C=O) groups is 10. The average molecular weight is 1720 g/mol. The Morgan fingerprint density at radius 2 is 0.421 bits per heavy atom. The Kier molecular flexibility index (Phi) is 83.5. The van der Waals surface area contributed by atoms with E-state index in [1.807, 2.05) is 0 Å². The molecule has 0 aromatic carbocycles. The van der Waals surface area contributed by atoms with E-state index in [4.69, 9.17) is 23.7 Å². The molecule has 0 atom stereocenters. The fraction of sp³-hybridized carbons (Fsp3) is 0.897. The van der Waals surface area contributed by atoms with Crippen molar-refractivity contribution in [2.24, 2.45) is 5.41 Å². The molecule has 0 aromatic rings. The summed E-state index contributed by atoms with van der Waals surface area (Å²) in [5, 5.41) is 30.6. The smallest absolute Gasteiger partial charge is 0.407 e. The van der Waals surface area contributed by atoms with Crippen LogP contribution in [0.1, 0.15) is 458 Å². The third-order valence-electron chi connectivity index (χ3n) is 22.9. The van der Waals surface area contributed by atoms with Crippen LogP contribution < -0.4 is 21.3 Å². The molecule has 0 saturated carbocycles. The second-order valence-electron chi connectivity index (χ2n) is 34.6. The Balaban J connectivity index is 6.16.